The van der Waals surface area contributed by atoms with E-state index >= 15 is 0 Å². The smallest absolute Gasteiger partial charge is 0.293 e. The second kappa shape index (κ2) is 3.24. The molecule has 1 unspecified atom stereocenters. The number of amides is 1. The molecule has 0 bridgehead atoms. The average molecular weight is 263 g/mol. The number of rotatable bonds is 3. The third-order valence-electron chi connectivity index (χ3n) is 3.47. The van der Waals surface area contributed by atoms with E-state index in [9.17, 15) is 22.4 Å². The van der Waals surface area contributed by atoms with Crippen molar-refractivity contribution in [1.82, 2.24) is 9.78 Å². The van der Waals surface area contributed by atoms with Gasteiger partial charge in [-0.25, -0.2) is 8.78 Å². The molecule has 0 radical (unpaired) electrons. The van der Waals surface area contributed by atoms with E-state index in [1.807, 2.05) is 0 Å². The fraction of sp³-hybridized carbons (Fsp3) is 0.600. The van der Waals surface area contributed by atoms with Crippen molar-refractivity contribution in [3.63, 3.8) is 0 Å². The Morgan fingerprint density at radius 2 is 2.22 bits per heavy atom. The molecule has 0 spiro atoms. The summed E-state index contributed by atoms with van der Waals surface area (Å²) in [4.78, 5) is 10.8. The number of halogens is 4. The van der Waals surface area contributed by atoms with Crippen LogP contribution in [-0.2, 0) is 17.3 Å². The lowest BCUT2D eigenvalue weighted by Crippen LogP contribution is -2.26. The zero-order valence-corrected chi connectivity index (χ0v) is 9.04. The van der Waals surface area contributed by atoms with Gasteiger partial charge in [0, 0.05) is 11.5 Å². The summed E-state index contributed by atoms with van der Waals surface area (Å²) in [5, 5.41) is 3.43. The molecule has 1 amide bonds. The van der Waals surface area contributed by atoms with Gasteiger partial charge in [-0.3, -0.25) is 9.48 Å². The molecule has 2 N–H and O–H groups in total. The fourth-order valence-electron chi connectivity index (χ4n) is 2.72. The van der Waals surface area contributed by atoms with Crippen LogP contribution in [0.5, 0.6) is 0 Å². The summed E-state index contributed by atoms with van der Waals surface area (Å²) in [5.41, 5.74) is 3.62. The standard InChI is InChI=1S/C10H9F4N3O/c11-9(12)7-6-3-1-4(3)10(13,14)8(6)17(16-7)2-5(15)18/h3-4,9H,1-2H2,(H2,15,18)/t3?,4-/m1/s1. The molecule has 4 nitrogen and oxygen atoms in total. The Kier molecular flexibility index (Phi) is 2.07. The lowest BCUT2D eigenvalue weighted by molar-refractivity contribution is -0.119. The number of carbonyl (C=O) groups excluding carboxylic acids is 1. The molecule has 98 valence electrons. The number of primary amides is 1. The van der Waals surface area contributed by atoms with E-state index in [-0.39, 0.29) is 12.0 Å². The summed E-state index contributed by atoms with van der Waals surface area (Å²) < 4.78 is 54.0. The molecule has 1 fully saturated rings. The molecule has 8 heteroatoms. The highest BCUT2D eigenvalue weighted by Crippen LogP contribution is 2.68. The molecule has 2 atom stereocenters. The maximum absolute atomic E-state index is 13.9. The monoisotopic (exact) mass is 263 g/mol. The predicted molar refractivity (Wildman–Crippen MR) is 51.1 cm³/mol. The summed E-state index contributed by atoms with van der Waals surface area (Å²) in [6.45, 7) is -0.607. The highest BCUT2D eigenvalue weighted by molar-refractivity contribution is 5.73. The molecule has 0 aliphatic heterocycles. The van der Waals surface area contributed by atoms with Crippen LogP contribution in [0, 0.1) is 5.92 Å². The minimum atomic E-state index is -3.20. The normalized spacial score (nSPS) is 27.2. The van der Waals surface area contributed by atoms with Crippen molar-refractivity contribution in [2.75, 3.05) is 0 Å². The maximum Gasteiger partial charge on any atom is 0.293 e. The van der Waals surface area contributed by atoms with E-state index < -0.39 is 48.0 Å². The van der Waals surface area contributed by atoms with E-state index in [4.69, 9.17) is 5.73 Å². The number of aromatic nitrogens is 2. The van der Waals surface area contributed by atoms with Crippen LogP contribution in [0.2, 0.25) is 0 Å². The second-order valence-corrected chi connectivity index (χ2v) is 4.64. The van der Waals surface area contributed by atoms with Crippen molar-refractivity contribution in [1.29, 1.82) is 0 Å². The minimum Gasteiger partial charge on any atom is -0.368 e. The van der Waals surface area contributed by atoms with E-state index in [0.29, 0.717) is 4.68 Å². The third-order valence-corrected chi connectivity index (χ3v) is 3.47. The molecule has 2 aliphatic carbocycles. The molecule has 1 aromatic heterocycles. The van der Waals surface area contributed by atoms with E-state index in [1.165, 1.54) is 0 Å². The topological polar surface area (TPSA) is 60.9 Å². The van der Waals surface area contributed by atoms with Gasteiger partial charge in [-0.2, -0.15) is 13.9 Å². The van der Waals surface area contributed by atoms with Crippen molar-refractivity contribution < 1.29 is 22.4 Å². The zero-order chi connectivity index (χ0) is 13.2. The first-order chi connectivity index (χ1) is 8.34. The highest BCUT2D eigenvalue weighted by atomic mass is 19.3. The molecule has 2 aliphatic rings. The Balaban J connectivity index is 2.16. The number of carbonyl (C=O) groups is 1. The highest BCUT2D eigenvalue weighted by Gasteiger charge is 2.67. The van der Waals surface area contributed by atoms with Gasteiger partial charge in [0.25, 0.3) is 12.3 Å². The zero-order valence-electron chi connectivity index (χ0n) is 9.04. The summed E-state index contributed by atoms with van der Waals surface area (Å²) >= 11 is 0. The van der Waals surface area contributed by atoms with E-state index in [2.05, 4.69) is 5.10 Å². The molecular weight excluding hydrogens is 254 g/mol. The Hall–Kier alpha value is -1.60. The quantitative estimate of drug-likeness (QED) is 0.840. The van der Waals surface area contributed by atoms with Crippen LogP contribution in [-0.4, -0.2) is 15.7 Å². The minimum absolute atomic E-state index is 0.0822. The molecule has 3 rings (SSSR count). The first-order valence-electron chi connectivity index (χ1n) is 5.39. The first-order valence-corrected chi connectivity index (χ1v) is 5.39. The molecule has 0 aromatic carbocycles. The van der Waals surface area contributed by atoms with Crippen molar-refractivity contribution >= 4 is 5.91 Å². The Labute approximate surface area is 98.7 Å². The van der Waals surface area contributed by atoms with Crippen molar-refractivity contribution in [3.8, 4) is 0 Å². The van der Waals surface area contributed by atoms with Crippen LogP contribution >= 0.6 is 0 Å². The molecule has 1 heterocycles. The second-order valence-electron chi connectivity index (χ2n) is 4.64. The van der Waals surface area contributed by atoms with Gasteiger partial charge < -0.3 is 5.73 Å². The number of alkyl halides is 4. The lowest BCUT2D eigenvalue weighted by atomic mass is 10.1. The molecular formula is C10H9F4N3O. The van der Waals surface area contributed by atoms with Gasteiger partial charge in [-0.05, 0) is 12.3 Å². The summed E-state index contributed by atoms with van der Waals surface area (Å²) in [6.07, 6.45) is -2.73. The van der Waals surface area contributed by atoms with Gasteiger partial charge in [0.05, 0.1) is 0 Å². The van der Waals surface area contributed by atoms with Crippen LogP contribution in [0.3, 0.4) is 0 Å². The molecule has 1 aromatic rings. The van der Waals surface area contributed by atoms with Crippen molar-refractivity contribution in [2.24, 2.45) is 11.7 Å². The van der Waals surface area contributed by atoms with Crippen molar-refractivity contribution in [3.05, 3.63) is 17.0 Å². The SMILES string of the molecule is NC(=O)Cn1nc(C(F)F)c2c1C(F)(F)[C@@H]1CC21. The van der Waals surface area contributed by atoms with Gasteiger partial charge in [-0.15, -0.1) is 0 Å². The fourth-order valence-corrected chi connectivity index (χ4v) is 2.72. The van der Waals surface area contributed by atoms with E-state index in [1.54, 1.807) is 0 Å². The Morgan fingerprint density at radius 1 is 1.56 bits per heavy atom. The van der Waals surface area contributed by atoms with Gasteiger partial charge >= 0.3 is 0 Å². The third kappa shape index (κ3) is 1.31. The predicted octanol–water partition coefficient (Wildman–Crippen LogP) is 1.51. The van der Waals surface area contributed by atoms with Gasteiger partial charge in [0.1, 0.15) is 17.9 Å². The maximum atomic E-state index is 13.9. The first kappa shape index (κ1) is 11.5. The van der Waals surface area contributed by atoms with Gasteiger partial charge in [0.15, 0.2) is 0 Å². The van der Waals surface area contributed by atoms with Gasteiger partial charge in [0.2, 0.25) is 5.91 Å². The van der Waals surface area contributed by atoms with Crippen molar-refractivity contribution in [2.45, 2.75) is 31.2 Å². The Morgan fingerprint density at radius 3 is 2.78 bits per heavy atom. The average Bonchev–Trinajstić information content (AvgIpc) is 2.88. The Bertz CT molecular complexity index is 539. The molecule has 18 heavy (non-hydrogen) atoms. The summed E-state index contributed by atoms with van der Waals surface area (Å²) in [5.74, 6) is -5.57. The summed E-state index contributed by atoms with van der Waals surface area (Å²) in [7, 11) is 0. The van der Waals surface area contributed by atoms with Crippen LogP contribution in [0.15, 0.2) is 0 Å². The van der Waals surface area contributed by atoms with Gasteiger partial charge in [-0.1, -0.05) is 0 Å². The summed E-state index contributed by atoms with van der Waals surface area (Å²) in [6, 6.07) is 0. The molecule has 1 saturated carbocycles. The molecule has 0 saturated heterocycles. The van der Waals surface area contributed by atoms with Crippen LogP contribution in [0.25, 0.3) is 0 Å². The lowest BCUT2D eigenvalue weighted by Gasteiger charge is -2.14. The number of hydrogen-bond donors (Lipinski definition) is 1. The number of nitrogens with zero attached hydrogens (tertiary/aromatic N) is 2. The van der Waals surface area contributed by atoms with Crippen LogP contribution < -0.4 is 5.73 Å². The number of hydrogen-bond acceptors (Lipinski definition) is 2. The van der Waals surface area contributed by atoms with Crippen LogP contribution in [0.1, 0.15) is 35.7 Å². The van der Waals surface area contributed by atoms with Crippen LogP contribution in [0.4, 0.5) is 17.6 Å². The number of nitrogens with two attached hydrogens (primary N) is 1. The van der Waals surface area contributed by atoms with E-state index in [0.717, 1.165) is 0 Å². The largest absolute Gasteiger partial charge is 0.368 e. The number of fused-ring (bicyclic) bond motifs is 3.